The second-order valence-corrected chi connectivity index (χ2v) is 7.34. The van der Waals surface area contributed by atoms with Crippen LogP contribution in [0.25, 0.3) is 0 Å². The van der Waals surface area contributed by atoms with E-state index in [0.717, 1.165) is 46.8 Å². The van der Waals surface area contributed by atoms with Crippen molar-refractivity contribution in [2.45, 2.75) is 38.7 Å². The molecule has 6 aliphatic rings. The van der Waals surface area contributed by atoms with Crippen LogP contribution >= 0.6 is 0 Å². The maximum atomic E-state index is 8.39. The van der Waals surface area contributed by atoms with Gasteiger partial charge in [-0.15, -0.1) is 0 Å². The van der Waals surface area contributed by atoms with Crippen molar-refractivity contribution in [1.82, 2.24) is 0 Å². The largest absolute Gasteiger partial charge is 0.443 e. The molecule has 0 aliphatic heterocycles. The Morgan fingerprint density at radius 1 is 1.00 bits per heavy atom. The minimum absolute atomic E-state index is 0.338. The third kappa shape index (κ3) is 0.712. The zero-order valence-electron chi connectivity index (χ0n) is 9.45. The van der Waals surface area contributed by atoms with E-state index < -0.39 is 0 Å². The molecule has 6 fully saturated rings. The van der Waals surface area contributed by atoms with Gasteiger partial charge in [0.15, 0.2) is 6.10 Å². The van der Waals surface area contributed by atoms with Gasteiger partial charge in [-0.1, -0.05) is 6.92 Å². The van der Waals surface area contributed by atoms with E-state index in [9.17, 15) is 0 Å². The highest BCUT2D eigenvalue weighted by molar-refractivity contribution is 5.28. The average molecular weight is 205 g/mol. The Balaban J connectivity index is 1.60. The molecule has 0 spiro atoms. The zero-order chi connectivity index (χ0) is 9.95. The topological polar surface area (TPSA) is 22.9 Å². The van der Waals surface area contributed by atoms with Gasteiger partial charge in [0.1, 0.15) is 0 Å². The Hall–Kier alpha value is -0.0400. The van der Waals surface area contributed by atoms with Crippen LogP contribution in [-0.4, -0.2) is 11.2 Å². The third-order valence-corrected chi connectivity index (χ3v) is 6.90. The molecule has 1 heteroatoms. The van der Waals surface area contributed by atoms with Crippen LogP contribution in [0.5, 0.6) is 0 Å². The summed E-state index contributed by atoms with van der Waals surface area (Å²) in [6, 6.07) is 0. The fourth-order valence-corrected chi connectivity index (χ4v) is 6.29. The molecule has 0 aromatic rings. The molecular formula is C14H21O+. The third-order valence-electron chi connectivity index (χ3n) is 6.90. The monoisotopic (exact) mass is 205 g/mol. The minimum Gasteiger partial charge on any atom is -0.443 e. The van der Waals surface area contributed by atoms with Gasteiger partial charge in [-0.3, -0.25) is 0 Å². The summed E-state index contributed by atoms with van der Waals surface area (Å²) in [5, 5.41) is 8.39. The molecule has 9 unspecified atom stereocenters. The molecule has 0 aromatic carbocycles. The van der Waals surface area contributed by atoms with Crippen LogP contribution in [0.4, 0.5) is 0 Å². The summed E-state index contributed by atoms with van der Waals surface area (Å²) in [5.41, 5.74) is 0.742. The first kappa shape index (κ1) is 8.11. The molecule has 0 radical (unpaired) electrons. The lowest BCUT2D eigenvalue weighted by atomic mass is 9.61. The average Bonchev–Trinajstić information content (AvgIpc) is 3.03. The fourth-order valence-electron chi connectivity index (χ4n) is 6.29. The molecular weight excluding hydrogens is 184 g/mol. The molecule has 2 N–H and O–H groups in total. The van der Waals surface area contributed by atoms with Crippen molar-refractivity contribution >= 4 is 0 Å². The summed E-state index contributed by atoms with van der Waals surface area (Å²) >= 11 is 0. The molecule has 0 amide bonds. The second kappa shape index (κ2) is 2.03. The Morgan fingerprint density at radius 2 is 1.80 bits per heavy atom. The maximum Gasteiger partial charge on any atom is 0.157 e. The van der Waals surface area contributed by atoms with Crippen LogP contribution in [0.15, 0.2) is 0 Å². The molecule has 6 rings (SSSR count). The molecule has 6 aliphatic carbocycles. The van der Waals surface area contributed by atoms with Gasteiger partial charge in [-0.25, -0.2) is 0 Å². The number of hydrogen-bond acceptors (Lipinski definition) is 0. The molecule has 1 nitrogen and oxygen atoms in total. The highest BCUT2D eigenvalue weighted by atomic mass is 16.3. The highest BCUT2D eigenvalue weighted by Crippen LogP contribution is 2.85. The van der Waals surface area contributed by atoms with Gasteiger partial charge in [0, 0.05) is 12.3 Å². The van der Waals surface area contributed by atoms with E-state index in [2.05, 4.69) is 6.92 Å². The number of hydrogen-bond donors (Lipinski definition) is 0. The molecule has 82 valence electrons. The van der Waals surface area contributed by atoms with E-state index in [-0.39, 0.29) is 0 Å². The molecule has 0 saturated heterocycles. The van der Waals surface area contributed by atoms with E-state index in [1.54, 1.807) is 6.42 Å². The summed E-state index contributed by atoms with van der Waals surface area (Å²) in [6.07, 6.45) is 6.18. The minimum atomic E-state index is 0.338. The fraction of sp³-hybridized carbons (Fsp3) is 1.00. The highest BCUT2D eigenvalue weighted by Gasteiger charge is 2.82. The predicted octanol–water partition coefficient (Wildman–Crippen LogP) is 2.03. The van der Waals surface area contributed by atoms with Crippen LogP contribution in [0.1, 0.15) is 32.6 Å². The van der Waals surface area contributed by atoms with Crippen molar-refractivity contribution < 1.29 is 5.11 Å². The van der Waals surface area contributed by atoms with Gasteiger partial charge in [0.25, 0.3) is 0 Å². The summed E-state index contributed by atoms with van der Waals surface area (Å²) < 4.78 is 0. The molecule has 6 saturated carbocycles. The van der Waals surface area contributed by atoms with Crippen LogP contribution < -0.4 is 0 Å². The molecule has 9 atom stereocenters. The summed E-state index contributed by atoms with van der Waals surface area (Å²) in [6.45, 7) is 2.44. The molecule has 0 aromatic heterocycles. The van der Waals surface area contributed by atoms with Gasteiger partial charge < -0.3 is 5.11 Å². The number of rotatable bonds is 1. The Bertz CT molecular complexity index is 349. The first-order chi connectivity index (χ1) is 7.23. The van der Waals surface area contributed by atoms with E-state index >= 15 is 0 Å². The van der Waals surface area contributed by atoms with E-state index in [4.69, 9.17) is 5.11 Å². The first-order valence-corrected chi connectivity index (χ1v) is 6.94. The Kier molecular flexibility index (Phi) is 1.10. The normalized spacial score (nSPS) is 77.2. The second-order valence-electron chi connectivity index (χ2n) is 7.34. The van der Waals surface area contributed by atoms with Gasteiger partial charge in [-0.05, 0) is 60.2 Å². The smallest absolute Gasteiger partial charge is 0.157 e. The molecule has 0 heterocycles. The van der Waals surface area contributed by atoms with Gasteiger partial charge in [-0.2, -0.15) is 0 Å². The zero-order valence-corrected chi connectivity index (χ0v) is 9.45. The Morgan fingerprint density at radius 3 is 2.53 bits per heavy atom. The Labute approximate surface area is 91.2 Å². The van der Waals surface area contributed by atoms with Crippen molar-refractivity contribution in [3.63, 3.8) is 0 Å². The van der Waals surface area contributed by atoms with E-state index in [1.165, 1.54) is 19.3 Å². The van der Waals surface area contributed by atoms with Crippen molar-refractivity contribution in [3.05, 3.63) is 0 Å². The standard InChI is InChI=1S/C14H20O/c1-6-2-10(6)14-5-11(14)8-4-12(15)13(14)9-3-7(8)9/h6-13,15H,2-5H2,1H3/p+1. The molecule has 2 bridgehead atoms. The first-order valence-electron chi connectivity index (χ1n) is 6.94. The lowest BCUT2D eigenvalue weighted by Crippen LogP contribution is -2.46. The SMILES string of the molecule is CC1CC1C12CC1C1CC([OH2+])C2C2CC12. The van der Waals surface area contributed by atoms with Crippen LogP contribution in [-0.2, 0) is 0 Å². The van der Waals surface area contributed by atoms with Crippen molar-refractivity contribution in [1.29, 1.82) is 0 Å². The number of fused-ring (bicyclic) bond motifs is 1. The van der Waals surface area contributed by atoms with Gasteiger partial charge in [0.05, 0.1) is 0 Å². The molecule has 15 heavy (non-hydrogen) atoms. The van der Waals surface area contributed by atoms with Crippen molar-refractivity contribution in [2.24, 2.45) is 46.8 Å². The summed E-state index contributed by atoms with van der Waals surface area (Å²) in [4.78, 5) is 0. The predicted molar refractivity (Wildman–Crippen MR) is 58.4 cm³/mol. The summed E-state index contributed by atoms with van der Waals surface area (Å²) in [5.74, 6) is 7.16. The van der Waals surface area contributed by atoms with E-state index in [0.29, 0.717) is 6.10 Å². The van der Waals surface area contributed by atoms with Crippen LogP contribution in [0, 0.1) is 46.8 Å². The summed E-state index contributed by atoms with van der Waals surface area (Å²) in [7, 11) is 0. The quantitative estimate of drug-likeness (QED) is 0.585. The van der Waals surface area contributed by atoms with Gasteiger partial charge in [0.2, 0.25) is 0 Å². The van der Waals surface area contributed by atoms with Gasteiger partial charge >= 0.3 is 0 Å². The van der Waals surface area contributed by atoms with Crippen LogP contribution in [0.3, 0.4) is 0 Å². The van der Waals surface area contributed by atoms with Crippen molar-refractivity contribution in [2.75, 3.05) is 0 Å². The lowest BCUT2D eigenvalue weighted by Gasteiger charge is -2.43. The van der Waals surface area contributed by atoms with Crippen molar-refractivity contribution in [3.8, 4) is 0 Å². The maximum absolute atomic E-state index is 8.39. The van der Waals surface area contributed by atoms with E-state index in [1.807, 2.05) is 0 Å². The lowest BCUT2D eigenvalue weighted by molar-refractivity contribution is -0.0599. The van der Waals surface area contributed by atoms with Crippen LogP contribution in [0.2, 0.25) is 0 Å².